The van der Waals surface area contributed by atoms with Gasteiger partial charge in [0.25, 0.3) is 0 Å². The van der Waals surface area contributed by atoms with Crippen LogP contribution in [0.4, 0.5) is 14.4 Å². The van der Waals surface area contributed by atoms with Crippen LogP contribution in [0.2, 0.25) is 0 Å². The second kappa shape index (κ2) is 17.2. The summed E-state index contributed by atoms with van der Waals surface area (Å²) < 4.78 is 35.9. The van der Waals surface area contributed by atoms with E-state index >= 15 is 0 Å². The zero-order valence-corrected chi connectivity index (χ0v) is 24.6. The average Bonchev–Trinajstić information content (AvgIpc) is 2.86. The maximum atomic E-state index is 12.5. The molecule has 12 heteroatoms. The van der Waals surface area contributed by atoms with Crippen LogP contribution in [0.1, 0.15) is 61.0 Å². The fourth-order valence-corrected chi connectivity index (χ4v) is 2.72. The van der Waals surface area contributed by atoms with Gasteiger partial charge in [-0.3, -0.25) is 4.79 Å². The van der Waals surface area contributed by atoms with Gasteiger partial charge in [-0.05, 0) is 55.7 Å². The highest BCUT2D eigenvalue weighted by molar-refractivity contribution is 5.76. The van der Waals surface area contributed by atoms with Gasteiger partial charge in [-0.2, -0.15) is 0 Å². The lowest BCUT2D eigenvalue weighted by molar-refractivity contribution is -0.152. The Kier molecular flexibility index (Phi) is 14.8. The number of hydrogen-bond acceptors (Lipinski definition) is 12. The molecule has 1 rings (SSSR count). The van der Waals surface area contributed by atoms with Gasteiger partial charge >= 0.3 is 24.4 Å². The first-order chi connectivity index (χ1) is 18.7. The molecule has 0 radical (unpaired) electrons. The van der Waals surface area contributed by atoms with Crippen LogP contribution in [0.25, 0.3) is 0 Å². The fourth-order valence-electron chi connectivity index (χ4n) is 2.72. The Morgan fingerprint density at radius 3 is 1.75 bits per heavy atom. The van der Waals surface area contributed by atoms with E-state index in [4.69, 9.17) is 38.9 Å². The van der Waals surface area contributed by atoms with Crippen LogP contribution in [0.5, 0.6) is 11.5 Å². The largest absolute Gasteiger partial charge is 0.513 e. The predicted molar refractivity (Wildman–Crippen MR) is 144 cm³/mol. The third kappa shape index (κ3) is 14.0. The molecule has 0 saturated heterocycles. The Morgan fingerprint density at radius 1 is 0.700 bits per heavy atom. The molecule has 0 aromatic heterocycles. The highest BCUT2D eigenvalue weighted by atomic mass is 16.7. The van der Waals surface area contributed by atoms with Crippen molar-refractivity contribution in [1.29, 1.82) is 0 Å². The standard InChI is InChI=1S/C28H43NO11/c1-16(2)13-34-27(32)39-23-10-9-21(12-24(23)40-28(33)35-14-17(3)4)11-22(29)25(30)37-19(7)15-36-26(31)38-20(8)18(5)6/h9-10,12,16-20,22H,11,13-15,29H2,1-8H3/t19-,20?,22-/m0/s1. The number of hydrogen-bond donors (Lipinski definition) is 1. The lowest BCUT2D eigenvalue weighted by atomic mass is 10.1. The van der Waals surface area contributed by atoms with Crippen molar-refractivity contribution in [2.24, 2.45) is 23.5 Å². The molecule has 226 valence electrons. The summed E-state index contributed by atoms with van der Waals surface area (Å²) in [5.74, 6) is -0.654. The molecule has 3 atom stereocenters. The van der Waals surface area contributed by atoms with Crippen LogP contribution in [0.3, 0.4) is 0 Å². The second-order valence-electron chi connectivity index (χ2n) is 10.6. The van der Waals surface area contributed by atoms with Crippen molar-refractivity contribution >= 4 is 24.4 Å². The van der Waals surface area contributed by atoms with Crippen LogP contribution in [-0.4, -0.2) is 62.5 Å². The second-order valence-corrected chi connectivity index (χ2v) is 10.6. The van der Waals surface area contributed by atoms with E-state index in [1.165, 1.54) is 12.1 Å². The Morgan fingerprint density at radius 2 is 1.23 bits per heavy atom. The first-order valence-corrected chi connectivity index (χ1v) is 13.3. The van der Waals surface area contributed by atoms with Crippen molar-refractivity contribution in [3.63, 3.8) is 0 Å². The van der Waals surface area contributed by atoms with Crippen LogP contribution < -0.4 is 15.2 Å². The van der Waals surface area contributed by atoms with Crippen molar-refractivity contribution in [3.05, 3.63) is 23.8 Å². The minimum atomic E-state index is -1.10. The molecule has 2 N–H and O–H groups in total. The van der Waals surface area contributed by atoms with Gasteiger partial charge in [-0.1, -0.05) is 47.6 Å². The van der Waals surface area contributed by atoms with Gasteiger partial charge < -0.3 is 38.9 Å². The summed E-state index contributed by atoms with van der Waals surface area (Å²) in [6.45, 7) is 14.6. The third-order valence-corrected chi connectivity index (χ3v) is 5.20. The third-order valence-electron chi connectivity index (χ3n) is 5.20. The topological polar surface area (TPSA) is 159 Å². The minimum absolute atomic E-state index is 0.00413. The van der Waals surface area contributed by atoms with E-state index in [0.29, 0.717) is 5.56 Å². The number of benzene rings is 1. The van der Waals surface area contributed by atoms with E-state index in [-0.39, 0.29) is 61.6 Å². The first kappa shape index (κ1) is 34.5. The van der Waals surface area contributed by atoms with Gasteiger partial charge in [0.05, 0.1) is 13.2 Å². The van der Waals surface area contributed by atoms with Crippen molar-refractivity contribution in [2.75, 3.05) is 19.8 Å². The fraction of sp³-hybridized carbons (Fsp3) is 0.643. The molecular weight excluding hydrogens is 526 g/mol. The summed E-state index contributed by atoms with van der Waals surface area (Å²) in [7, 11) is 0. The van der Waals surface area contributed by atoms with Gasteiger partial charge in [-0.25, -0.2) is 14.4 Å². The quantitative estimate of drug-likeness (QED) is 0.181. The molecule has 1 aromatic carbocycles. The molecule has 12 nitrogen and oxygen atoms in total. The Labute approximate surface area is 235 Å². The Bertz CT molecular complexity index is 977. The van der Waals surface area contributed by atoms with Gasteiger partial charge in [0.2, 0.25) is 0 Å². The molecule has 40 heavy (non-hydrogen) atoms. The number of nitrogens with two attached hydrogens (primary N) is 1. The molecule has 0 aliphatic rings. The van der Waals surface area contributed by atoms with Crippen LogP contribution in [0.15, 0.2) is 18.2 Å². The summed E-state index contributed by atoms with van der Waals surface area (Å²) in [6.07, 6.45) is -3.93. The maximum absolute atomic E-state index is 12.5. The summed E-state index contributed by atoms with van der Waals surface area (Å²) in [4.78, 5) is 48.5. The van der Waals surface area contributed by atoms with Gasteiger partial charge in [0, 0.05) is 0 Å². The molecule has 0 aliphatic carbocycles. The van der Waals surface area contributed by atoms with Crippen molar-refractivity contribution < 1.29 is 52.3 Å². The maximum Gasteiger partial charge on any atom is 0.513 e. The summed E-state index contributed by atoms with van der Waals surface area (Å²) in [6, 6.07) is 3.23. The molecule has 1 unspecified atom stereocenters. The molecule has 0 amide bonds. The van der Waals surface area contributed by atoms with E-state index in [1.807, 2.05) is 41.5 Å². The van der Waals surface area contributed by atoms with Gasteiger partial charge in [0.1, 0.15) is 24.9 Å². The van der Waals surface area contributed by atoms with Gasteiger partial charge in [0.15, 0.2) is 11.5 Å². The number of carbonyl (C=O) groups is 4. The van der Waals surface area contributed by atoms with E-state index in [1.54, 1.807) is 19.9 Å². The summed E-state index contributed by atoms with van der Waals surface area (Å²) in [5.41, 5.74) is 6.51. The van der Waals surface area contributed by atoms with Crippen LogP contribution >= 0.6 is 0 Å². The first-order valence-electron chi connectivity index (χ1n) is 13.3. The molecule has 0 saturated carbocycles. The lowest BCUT2D eigenvalue weighted by Gasteiger charge is -2.19. The van der Waals surface area contributed by atoms with Crippen molar-refractivity contribution in [3.8, 4) is 11.5 Å². The molecule has 0 heterocycles. The smallest absolute Gasteiger partial charge is 0.458 e. The molecule has 0 spiro atoms. The van der Waals surface area contributed by atoms with Gasteiger partial charge in [-0.15, -0.1) is 0 Å². The van der Waals surface area contributed by atoms with E-state index < -0.39 is 36.6 Å². The van der Waals surface area contributed by atoms with Crippen LogP contribution in [0, 0.1) is 17.8 Å². The highest BCUT2D eigenvalue weighted by Crippen LogP contribution is 2.30. The number of ether oxygens (including phenoxy) is 7. The number of carbonyl (C=O) groups excluding carboxylic acids is 4. The summed E-state index contributed by atoms with van der Waals surface area (Å²) >= 11 is 0. The monoisotopic (exact) mass is 569 g/mol. The molecule has 0 bridgehead atoms. The zero-order chi connectivity index (χ0) is 30.4. The predicted octanol–water partition coefficient (Wildman–Crippen LogP) is 5.03. The zero-order valence-electron chi connectivity index (χ0n) is 24.6. The molecule has 0 fully saturated rings. The number of esters is 1. The van der Waals surface area contributed by atoms with Crippen molar-refractivity contribution in [1.82, 2.24) is 0 Å². The minimum Gasteiger partial charge on any atom is -0.458 e. The average molecular weight is 570 g/mol. The molecule has 0 aliphatic heterocycles. The highest BCUT2D eigenvalue weighted by Gasteiger charge is 2.23. The molecular formula is C28H43NO11. The normalized spacial score (nSPS) is 13.3. The summed E-state index contributed by atoms with van der Waals surface area (Å²) in [5, 5.41) is 0. The Balaban J connectivity index is 2.83. The van der Waals surface area contributed by atoms with E-state index in [2.05, 4.69) is 0 Å². The lowest BCUT2D eigenvalue weighted by Crippen LogP contribution is -2.37. The van der Waals surface area contributed by atoms with Crippen LogP contribution in [-0.2, 0) is 34.9 Å². The molecule has 1 aromatic rings. The SMILES string of the molecule is CC(C)COC(=O)Oc1ccc(C[C@H](N)C(=O)O[C@@H](C)COC(=O)OC(C)C(C)C)cc1OC(=O)OCC(C)C. The van der Waals surface area contributed by atoms with E-state index in [9.17, 15) is 19.2 Å². The Hall–Kier alpha value is -3.54. The van der Waals surface area contributed by atoms with E-state index in [0.717, 1.165) is 0 Å². The van der Waals surface area contributed by atoms with Crippen molar-refractivity contribution in [2.45, 2.75) is 80.1 Å². The number of rotatable bonds is 14.